The van der Waals surface area contributed by atoms with Crippen LogP contribution >= 0.6 is 0 Å². The van der Waals surface area contributed by atoms with Crippen molar-refractivity contribution in [3.8, 4) is 0 Å². The van der Waals surface area contributed by atoms with Crippen LogP contribution in [0.25, 0.3) is 11.0 Å². The van der Waals surface area contributed by atoms with Gasteiger partial charge in [0.2, 0.25) is 0 Å². The van der Waals surface area contributed by atoms with Crippen molar-refractivity contribution in [1.29, 1.82) is 0 Å². The molecule has 2 aromatic heterocycles. The summed E-state index contributed by atoms with van der Waals surface area (Å²) in [4.78, 5) is 13.7. The molecule has 108 valence electrons. The van der Waals surface area contributed by atoms with Gasteiger partial charge >= 0.3 is 0 Å². The molecule has 0 saturated carbocycles. The van der Waals surface area contributed by atoms with Gasteiger partial charge in [-0.3, -0.25) is 0 Å². The normalized spacial score (nSPS) is 12.5. The highest BCUT2D eigenvalue weighted by molar-refractivity contribution is 5.87. The Kier molecular flexibility index (Phi) is 3.83. The molecule has 0 aliphatic heterocycles. The fourth-order valence-corrected chi connectivity index (χ4v) is 2.43. The number of rotatable bonds is 5. The molecule has 0 spiro atoms. The fraction of sp³-hybridized carbons (Fsp3) is 0.250. The van der Waals surface area contributed by atoms with Crippen LogP contribution < -0.4 is 4.90 Å². The summed E-state index contributed by atoms with van der Waals surface area (Å²) in [7, 11) is 1.98. The average molecular weight is 282 g/mol. The summed E-state index contributed by atoms with van der Waals surface area (Å²) < 4.78 is 0. The molecule has 1 atom stereocenters. The van der Waals surface area contributed by atoms with Crippen LogP contribution in [0, 0.1) is 0 Å². The molecule has 3 aromatic rings. The molecular weight excluding hydrogens is 264 g/mol. The lowest BCUT2D eigenvalue weighted by Crippen LogP contribution is -2.21. The molecule has 0 saturated heterocycles. The average Bonchev–Trinajstić information content (AvgIpc) is 3.01. The molecule has 0 fully saturated rings. The minimum atomic E-state index is -0.461. The van der Waals surface area contributed by atoms with Gasteiger partial charge in [-0.15, -0.1) is 0 Å². The van der Waals surface area contributed by atoms with E-state index in [2.05, 4.69) is 15.0 Å². The molecule has 1 aromatic carbocycles. The Labute approximate surface area is 123 Å². The maximum atomic E-state index is 10.2. The van der Waals surface area contributed by atoms with Gasteiger partial charge in [0.1, 0.15) is 17.8 Å². The summed E-state index contributed by atoms with van der Waals surface area (Å²) >= 11 is 0. The quantitative estimate of drug-likeness (QED) is 0.754. The zero-order valence-electron chi connectivity index (χ0n) is 11.9. The Bertz CT molecular complexity index is 710. The summed E-state index contributed by atoms with van der Waals surface area (Å²) in [6.07, 6.45) is 3.60. The molecule has 0 aliphatic carbocycles. The van der Waals surface area contributed by atoms with E-state index in [1.165, 1.54) is 0 Å². The van der Waals surface area contributed by atoms with Gasteiger partial charge < -0.3 is 15.0 Å². The van der Waals surface area contributed by atoms with Crippen LogP contribution in [0.5, 0.6) is 0 Å². The van der Waals surface area contributed by atoms with Crippen molar-refractivity contribution in [2.24, 2.45) is 0 Å². The number of benzene rings is 1. The number of H-pyrrole nitrogens is 1. The Balaban J connectivity index is 1.69. The number of hydrogen-bond donors (Lipinski definition) is 2. The van der Waals surface area contributed by atoms with Crippen LogP contribution in [-0.4, -0.2) is 33.7 Å². The van der Waals surface area contributed by atoms with Gasteiger partial charge in [-0.1, -0.05) is 30.3 Å². The van der Waals surface area contributed by atoms with Crippen molar-refractivity contribution in [2.45, 2.75) is 12.5 Å². The summed E-state index contributed by atoms with van der Waals surface area (Å²) in [5.74, 6) is 0.876. The topological polar surface area (TPSA) is 65.0 Å². The Hall–Kier alpha value is -2.40. The van der Waals surface area contributed by atoms with Gasteiger partial charge in [0.15, 0.2) is 0 Å². The number of aliphatic hydroxyl groups is 1. The number of aromatic amines is 1. The lowest BCUT2D eigenvalue weighted by molar-refractivity contribution is 0.170. The van der Waals surface area contributed by atoms with E-state index in [1.807, 2.05) is 54.5 Å². The minimum absolute atomic E-state index is 0.461. The van der Waals surface area contributed by atoms with Crippen molar-refractivity contribution >= 4 is 16.9 Å². The molecule has 2 heterocycles. The molecule has 2 N–H and O–H groups in total. The molecule has 0 amide bonds. The molecule has 3 rings (SSSR count). The first-order valence-corrected chi connectivity index (χ1v) is 6.98. The van der Waals surface area contributed by atoms with E-state index in [0.29, 0.717) is 13.0 Å². The summed E-state index contributed by atoms with van der Waals surface area (Å²) in [5, 5.41) is 11.2. The molecule has 5 heteroatoms. The summed E-state index contributed by atoms with van der Waals surface area (Å²) in [5.41, 5.74) is 1.77. The van der Waals surface area contributed by atoms with Crippen molar-refractivity contribution in [1.82, 2.24) is 15.0 Å². The molecule has 0 radical (unpaired) electrons. The number of aromatic nitrogens is 3. The van der Waals surface area contributed by atoms with Crippen LogP contribution in [0.2, 0.25) is 0 Å². The predicted octanol–water partition coefficient (Wildman–Crippen LogP) is 2.52. The molecule has 0 aliphatic rings. The lowest BCUT2D eigenvalue weighted by atomic mass is 10.1. The zero-order valence-corrected chi connectivity index (χ0v) is 11.9. The second-order valence-electron chi connectivity index (χ2n) is 5.07. The van der Waals surface area contributed by atoms with Crippen LogP contribution in [0.4, 0.5) is 5.82 Å². The summed E-state index contributed by atoms with van der Waals surface area (Å²) in [6.45, 7) is 0.716. The van der Waals surface area contributed by atoms with Crippen LogP contribution in [0.15, 0.2) is 48.9 Å². The number of fused-ring (bicyclic) bond motifs is 1. The summed E-state index contributed by atoms with van der Waals surface area (Å²) in [6, 6.07) is 11.7. The van der Waals surface area contributed by atoms with Gasteiger partial charge in [0, 0.05) is 19.8 Å². The third-order valence-electron chi connectivity index (χ3n) is 3.62. The van der Waals surface area contributed by atoms with Crippen molar-refractivity contribution < 1.29 is 5.11 Å². The monoisotopic (exact) mass is 282 g/mol. The first-order valence-electron chi connectivity index (χ1n) is 6.98. The third-order valence-corrected chi connectivity index (χ3v) is 3.62. The SMILES string of the molecule is CN(CCC(O)c1ccccc1)c1ncnc2[nH]ccc12. The molecular formula is C16H18N4O. The van der Waals surface area contributed by atoms with E-state index >= 15 is 0 Å². The molecule has 1 unspecified atom stereocenters. The third kappa shape index (κ3) is 2.87. The number of nitrogens with zero attached hydrogens (tertiary/aromatic N) is 3. The van der Waals surface area contributed by atoms with Crippen molar-refractivity contribution in [3.63, 3.8) is 0 Å². The highest BCUT2D eigenvalue weighted by atomic mass is 16.3. The van der Waals surface area contributed by atoms with E-state index < -0.39 is 6.10 Å². The standard InChI is InChI=1S/C16H18N4O/c1-20(10-8-14(21)12-5-3-2-4-6-12)16-13-7-9-17-15(13)18-11-19-16/h2-7,9,11,14,21H,8,10H2,1H3,(H,17,18,19). The van der Waals surface area contributed by atoms with Crippen molar-refractivity contribution in [3.05, 3.63) is 54.5 Å². The zero-order chi connectivity index (χ0) is 14.7. The van der Waals surface area contributed by atoms with Gasteiger partial charge in [-0.05, 0) is 18.1 Å². The number of nitrogens with one attached hydrogen (secondary N) is 1. The largest absolute Gasteiger partial charge is 0.388 e. The van der Waals surface area contributed by atoms with E-state index in [9.17, 15) is 5.11 Å². The number of anilines is 1. The van der Waals surface area contributed by atoms with Crippen LogP contribution in [-0.2, 0) is 0 Å². The smallest absolute Gasteiger partial charge is 0.142 e. The predicted molar refractivity (Wildman–Crippen MR) is 83.2 cm³/mol. The van der Waals surface area contributed by atoms with Crippen LogP contribution in [0.3, 0.4) is 0 Å². The number of aliphatic hydroxyl groups excluding tert-OH is 1. The van der Waals surface area contributed by atoms with Gasteiger partial charge in [0.05, 0.1) is 11.5 Å². The Morgan fingerprint density at radius 1 is 1.19 bits per heavy atom. The molecule has 0 bridgehead atoms. The van der Waals surface area contributed by atoms with Gasteiger partial charge in [0.25, 0.3) is 0 Å². The lowest BCUT2D eigenvalue weighted by Gasteiger charge is -2.20. The first kappa shape index (κ1) is 13.6. The Morgan fingerprint density at radius 2 is 2.00 bits per heavy atom. The van der Waals surface area contributed by atoms with Gasteiger partial charge in [-0.25, -0.2) is 9.97 Å². The maximum absolute atomic E-state index is 10.2. The van der Waals surface area contributed by atoms with Crippen molar-refractivity contribution in [2.75, 3.05) is 18.5 Å². The second kappa shape index (κ2) is 5.93. The molecule has 21 heavy (non-hydrogen) atoms. The fourth-order valence-electron chi connectivity index (χ4n) is 2.43. The van der Waals surface area contributed by atoms with E-state index in [-0.39, 0.29) is 0 Å². The number of hydrogen-bond acceptors (Lipinski definition) is 4. The van der Waals surface area contributed by atoms with Crippen LogP contribution in [0.1, 0.15) is 18.1 Å². The highest BCUT2D eigenvalue weighted by Gasteiger charge is 2.12. The Morgan fingerprint density at radius 3 is 2.81 bits per heavy atom. The first-order chi connectivity index (χ1) is 10.3. The van der Waals surface area contributed by atoms with E-state index in [0.717, 1.165) is 22.4 Å². The second-order valence-corrected chi connectivity index (χ2v) is 5.07. The van der Waals surface area contributed by atoms with Gasteiger partial charge in [-0.2, -0.15) is 0 Å². The van der Waals surface area contributed by atoms with E-state index in [4.69, 9.17) is 0 Å². The van der Waals surface area contributed by atoms with E-state index in [1.54, 1.807) is 6.33 Å². The highest BCUT2D eigenvalue weighted by Crippen LogP contribution is 2.22. The minimum Gasteiger partial charge on any atom is -0.388 e. The maximum Gasteiger partial charge on any atom is 0.142 e. The molecule has 5 nitrogen and oxygen atoms in total.